The monoisotopic (exact) mass is 422 g/mol. The van der Waals surface area contributed by atoms with Crippen LogP contribution in [0.4, 0.5) is 0 Å². The Balaban J connectivity index is 1.71. The number of aliphatic hydroxyl groups excluding tert-OH is 3. The first-order valence-electron chi connectivity index (χ1n) is 12.3. The van der Waals surface area contributed by atoms with Gasteiger partial charge in [-0.3, -0.25) is 4.79 Å². The number of hydrogen-bond donors (Lipinski definition) is 4. The summed E-state index contributed by atoms with van der Waals surface area (Å²) in [5, 5.41) is 43.0. The van der Waals surface area contributed by atoms with Crippen molar-refractivity contribution in [1.82, 2.24) is 0 Å². The Morgan fingerprint density at radius 1 is 1.07 bits per heavy atom. The molecule has 0 bridgehead atoms. The molecule has 4 aliphatic rings. The number of aliphatic carboxylic acids is 1. The normalized spacial score (nSPS) is 54.0. The highest BCUT2D eigenvalue weighted by atomic mass is 16.4. The van der Waals surface area contributed by atoms with E-state index in [4.69, 9.17) is 0 Å². The van der Waals surface area contributed by atoms with Gasteiger partial charge in [-0.05, 0) is 90.8 Å². The van der Waals surface area contributed by atoms with Crippen LogP contribution in [0.25, 0.3) is 0 Å². The Kier molecular flexibility index (Phi) is 5.81. The van der Waals surface area contributed by atoms with Crippen molar-refractivity contribution in [2.24, 2.45) is 52.3 Å². The van der Waals surface area contributed by atoms with Crippen LogP contribution in [0, 0.1) is 52.3 Å². The minimum atomic E-state index is -0.747. The zero-order valence-corrected chi connectivity index (χ0v) is 19.1. The molecule has 172 valence electrons. The highest BCUT2D eigenvalue weighted by Gasteiger charge is 2.67. The number of carbonyl (C=O) groups is 1. The third-order valence-corrected chi connectivity index (χ3v) is 10.6. The van der Waals surface area contributed by atoms with Crippen LogP contribution in [0.3, 0.4) is 0 Å². The maximum atomic E-state index is 11.7. The van der Waals surface area contributed by atoms with E-state index in [0.29, 0.717) is 12.3 Å². The van der Waals surface area contributed by atoms with Crippen LogP contribution in [0.1, 0.15) is 79.1 Å². The molecule has 5 nitrogen and oxygen atoms in total. The molecule has 4 aliphatic carbocycles. The Bertz CT molecular complexity index is 666. The van der Waals surface area contributed by atoms with Gasteiger partial charge in [-0.25, -0.2) is 0 Å². The Morgan fingerprint density at radius 2 is 1.77 bits per heavy atom. The molecule has 0 aliphatic heterocycles. The predicted molar refractivity (Wildman–Crippen MR) is 115 cm³/mol. The Hall–Kier alpha value is -0.650. The van der Waals surface area contributed by atoms with E-state index < -0.39 is 18.2 Å². The van der Waals surface area contributed by atoms with Gasteiger partial charge in [0, 0.05) is 6.42 Å². The molecule has 0 aromatic heterocycles. The van der Waals surface area contributed by atoms with Gasteiger partial charge in [-0.2, -0.15) is 0 Å². The summed E-state index contributed by atoms with van der Waals surface area (Å²) >= 11 is 0. The number of fused-ring (bicyclic) bond motifs is 5. The smallest absolute Gasteiger partial charge is 0.303 e. The first kappa shape index (κ1) is 22.5. The number of rotatable bonds is 4. The lowest BCUT2D eigenvalue weighted by Crippen LogP contribution is -2.65. The van der Waals surface area contributed by atoms with Crippen molar-refractivity contribution in [2.45, 2.75) is 97.4 Å². The van der Waals surface area contributed by atoms with Crippen LogP contribution in [0.15, 0.2) is 0 Å². The number of hydrogen-bond acceptors (Lipinski definition) is 4. The highest BCUT2D eigenvalue weighted by Crippen LogP contribution is 2.69. The number of carboxylic acid groups (broad SMARTS) is 1. The maximum absolute atomic E-state index is 11.7. The molecule has 0 heterocycles. The van der Waals surface area contributed by atoms with Crippen LogP contribution in [0.2, 0.25) is 0 Å². The third-order valence-electron chi connectivity index (χ3n) is 10.6. The van der Waals surface area contributed by atoms with E-state index in [0.717, 1.165) is 38.5 Å². The zero-order chi connectivity index (χ0) is 22.0. The fourth-order valence-corrected chi connectivity index (χ4v) is 9.46. The van der Waals surface area contributed by atoms with Gasteiger partial charge in [0.15, 0.2) is 0 Å². The van der Waals surface area contributed by atoms with Gasteiger partial charge in [0.25, 0.3) is 0 Å². The van der Waals surface area contributed by atoms with Gasteiger partial charge < -0.3 is 20.4 Å². The summed E-state index contributed by atoms with van der Waals surface area (Å²) in [6, 6.07) is 0. The lowest BCUT2D eigenvalue weighted by Gasteiger charge is -2.66. The van der Waals surface area contributed by atoms with Crippen molar-refractivity contribution >= 4 is 5.97 Å². The fraction of sp³-hybridized carbons (Fsp3) is 0.960. The second-order valence-electron chi connectivity index (χ2n) is 11.8. The van der Waals surface area contributed by atoms with Crippen molar-refractivity contribution < 1.29 is 25.2 Å². The molecule has 4 fully saturated rings. The van der Waals surface area contributed by atoms with E-state index in [1.165, 1.54) is 0 Å². The summed E-state index contributed by atoms with van der Waals surface area (Å²) in [5.41, 5.74) is -0.165. The van der Waals surface area contributed by atoms with Crippen molar-refractivity contribution in [3.8, 4) is 0 Å². The van der Waals surface area contributed by atoms with E-state index in [9.17, 15) is 25.2 Å². The average molecular weight is 423 g/mol. The summed E-state index contributed by atoms with van der Waals surface area (Å²) in [7, 11) is 0. The second-order valence-corrected chi connectivity index (χ2v) is 11.8. The molecule has 0 spiro atoms. The summed E-state index contributed by atoms with van der Waals surface area (Å²) in [6.07, 6.45) is 5.04. The van der Waals surface area contributed by atoms with Crippen LogP contribution in [-0.4, -0.2) is 44.7 Å². The third kappa shape index (κ3) is 3.17. The van der Waals surface area contributed by atoms with Crippen LogP contribution in [0.5, 0.6) is 0 Å². The van der Waals surface area contributed by atoms with E-state index in [1.807, 2.05) is 0 Å². The van der Waals surface area contributed by atoms with Gasteiger partial charge in [0.05, 0.1) is 18.3 Å². The van der Waals surface area contributed by atoms with Gasteiger partial charge in [-0.1, -0.05) is 34.1 Å². The first-order valence-corrected chi connectivity index (χ1v) is 12.3. The Morgan fingerprint density at radius 3 is 2.40 bits per heavy atom. The molecule has 0 amide bonds. The van der Waals surface area contributed by atoms with Crippen LogP contribution in [-0.2, 0) is 4.79 Å². The van der Waals surface area contributed by atoms with Crippen molar-refractivity contribution in [1.29, 1.82) is 0 Å². The van der Waals surface area contributed by atoms with Gasteiger partial charge >= 0.3 is 5.97 Å². The summed E-state index contributed by atoms with van der Waals surface area (Å²) in [4.78, 5) is 11.4. The fourth-order valence-electron chi connectivity index (χ4n) is 9.46. The lowest BCUT2D eigenvalue weighted by atomic mass is 9.40. The number of aliphatic hydroxyl groups is 3. The first-order chi connectivity index (χ1) is 14.0. The Labute approximate surface area is 181 Å². The van der Waals surface area contributed by atoms with E-state index >= 15 is 0 Å². The van der Waals surface area contributed by atoms with E-state index in [2.05, 4.69) is 27.7 Å². The van der Waals surface area contributed by atoms with Gasteiger partial charge in [0.2, 0.25) is 0 Å². The minimum absolute atomic E-state index is 0.0463. The lowest BCUT2D eigenvalue weighted by molar-refractivity contribution is -0.235. The summed E-state index contributed by atoms with van der Waals surface area (Å²) in [6.45, 7) is 8.79. The molecule has 0 saturated heterocycles. The maximum Gasteiger partial charge on any atom is 0.303 e. The molecule has 0 aromatic rings. The van der Waals surface area contributed by atoms with Crippen molar-refractivity contribution in [2.75, 3.05) is 0 Å². The van der Waals surface area contributed by atoms with Crippen molar-refractivity contribution in [3.63, 3.8) is 0 Å². The molecule has 4 saturated carbocycles. The molecular formula is C25H42O5. The molecule has 0 aromatic carbocycles. The minimum Gasteiger partial charge on any atom is -0.481 e. The molecule has 0 unspecified atom stereocenters. The summed E-state index contributed by atoms with van der Waals surface area (Å²) < 4.78 is 0. The average Bonchev–Trinajstić information content (AvgIpc) is 2.99. The molecule has 12 atom stereocenters. The van der Waals surface area contributed by atoms with Crippen LogP contribution < -0.4 is 0 Å². The van der Waals surface area contributed by atoms with Crippen LogP contribution >= 0.6 is 0 Å². The molecule has 30 heavy (non-hydrogen) atoms. The van der Waals surface area contributed by atoms with Gasteiger partial charge in [0.1, 0.15) is 0 Å². The standard InChI is InChI=1S/C25H42O5/c1-5-15-18-11-14(26)8-9-24(18,3)22-19(27)12-25(4)16(13(2)10-20(28)29)6-7-17(25)21(22)23(15)30/h13-19,21-23,26-27,30H,5-12H2,1-4H3,(H,28,29)/t13-,14-,15-,16-,17+,18+,19+,21+,22+,23-,24+,25-/m1/s1. The molecule has 4 N–H and O–H groups in total. The molecule has 5 heteroatoms. The van der Waals surface area contributed by atoms with Crippen molar-refractivity contribution in [3.05, 3.63) is 0 Å². The van der Waals surface area contributed by atoms with Gasteiger partial charge in [-0.15, -0.1) is 0 Å². The highest BCUT2D eigenvalue weighted by molar-refractivity contribution is 5.67. The quantitative estimate of drug-likeness (QED) is 0.554. The molecule has 4 rings (SSSR count). The SMILES string of the molecule is CC[C@H]1[C@@H](O)[C@@H]2[C@H]([C@@H](O)C[C@]3(C)[C@@H]([C@H](C)CC(=O)O)CC[C@@H]23)[C@@]2(C)CC[C@@H](O)C[C@@H]12. The molecular weight excluding hydrogens is 380 g/mol. The molecule has 0 radical (unpaired) electrons. The van der Waals surface area contributed by atoms with E-state index in [1.54, 1.807) is 0 Å². The topological polar surface area (TPSA) is 98.0 Å². The summed E-state index contributed by atoms with van der Waals surface area (Å²) in [5.74, 6) is 0.504. The van der Waals surface area contributed by atoms with E-state index in [-0.39, 0.29) is 58.9 Å². The predicted octanol–water partition coefficient (Wildman–Crippen LogP) is 3.69. The zero-order valence-electron chi connectivity index (χ0n) is 19.1. The number of carboxylic acids is 1. The largest absolute Gasteiger partial charge is 0.481 e. The second kappa shape index (κ2) is 7.74.